The van der Waals surface area contributed by atoms with Gasteiger partial charge in [-0.1, -0.05) is 18.2 Å². The zero-order valence-electron chi connectivity index (χ0n) is 14.8. The van der Waals surface area contributed by atoms with E-state index in [0.717, 1.165) is 12.1 Å². The SMILES string of the molecule is O=C(NC1CCN(C(=O)c2ccccc2C(F)(F)F)CC1)c1cccc(F)c1. The van der Waals surface area contributed by atoms with E-state index < -0.39 is 29.4 Å². The van der Waals surface area contributed by atoms with Gasteiger partial charge in [0.15, 0.2) is 0 Å². The van der Waals surface area contributed by atoms with Gasteiger partial charge < -0.3 is 10.2 Å². The highest BCUT2D eigenvalue weighted by Gasteiger charge is 2.36. The molecule has 8 heteroatoms. The second-order valence-corrected chi connectivity index (χ2v) is 6.59. The molecule has 1 saturated heterocycles. The summed E-state index contributed by atoms with van der Waals surface area (Å²) in [5.74, 6) is -1.62. The van der Waals surface area contributed by atoms with Gasteiger partial charge in [-0.25, -0.2) is 4.39 Å². The van der Waals surface area contributed by atoms with E-state index in [1.165, 1.54) is 41.3 Å². The van der Waals surface area contributed by atoms with E-state index in [9.17, 15) is 27.2 Å². The van der Waals surface area contributed by atoms with Crippen LogP contribution in [0.15, 0.2) is 48.5 Å². The standard InChI is InChI=1S/C20H18F4N2O2/c21-14-5-3-4-13(12-14)18(27)25-15-8-10-26(11-9-15)19(28)16-6-1-2-7-17(16)20(22,23)24/h1-7,12,15H,8-11H2,(H,25,27). The minimum atomic E-state index is -4.61. The molecule has 0 radical (unpaired) electrons. The molecule has 0 spiro atoms. The van der Waals surface area contributed by atoms with Gasteiger partial charge in [-0.05, 0) is 43.2 Å². The topological polar surface area (TPSA) is 49.4 Å². The van der Waals surface area contributed by atoms with Gasteiger partial charge in [0.2, 0.25) is 0 Å². The first-order valence-electron chi connectivity index (χ1n) is 8.77. The molecule has 1 aliphatic heterocycles. The van der Waals surface area contributed by atoms with Crippen LogP contribution < -0.4 is 5.32 Å². The van der Waals surface area contributed by atoms with Crippen LogP contribution in [0, 0.1) is 5.82 Å². The fourth-order valence-electron chi connectivity index (χ4n) is 3.21. The highest BCUT2D eigenvalue weighted by atomic mass is 19.4. The molecule has 1 fully saturated rings. The predicted octanol–water partition coefficient (Wildman–Crippen LogP) is 3.88. The Bertz CT molecular complexity index is 875. The van der Waals surface area contributed by atoms with E-state index >= 15 is 0 Å². The number of hydrogen-bond donors (Lipinski definition) is 1. The number of carbonyl (C=O) groups excluding carboxylic acids is 2. The van der Waals surface area contributed by atoms with E-state index in [0.29, 0.717) is 12.8 Å². The van der Waals surface area contributed by atoms with Gasteiger partial charge in [0.25, 0.3) is 11.8 Å². The maximum Gasteiger partial charge on any atom is 0.417 e. The van der Waals surface area contributed by atoms with Crippen LogP contribution in [0.25, 0.3) is 0 Å². The molecule has 0 aromatic heterocycles. The average molecular weight is 394 g/mol. The number of nitrogens with zero attached hydrogens (tertiary/aromatic N) is 1. The maximum atomic E-state index is 13.2. The minimum absolute atomic E-state index is 0.192. The van der Waals surface area contributed by atoms with Crippen molar-refractivity contribution in [1.82, 2.24) is 10.2 Å². The van der Waals surface area contributed by atoms with Crippen LogP contribution in [-0.2, 0) is 6.18 Å². The Morgan fingerprint density at radius 3 is 2.32 bits per heavy atom. The summed E-state index contributed by atoms with van der Waals surface area (Å²) in [6.07, 6.45) is -3.80. The molecule has 2 aromatic rings. The van der Waals surface area contributed by atoms with Crippen molar-refractivity contribution in [3.63, 3.8) is 0 Å². The molecule has 0 unspecified atom stereocenters. The number of hydrogen-bond acceptors (Lipinski definition) is 2. The smallest absolute Gasteiger partial charge is 0.349 e. The molecule has 0 aliphatic carbocycles. The first-order valence-corrected chi connectivity index (χ1v) is 8.77. The van der Waals surface area contributed by atoms with Crippen LogP contribution in [0.4, 0.5) is 17.6 Å². The molecule has 1 N–H and O–H groups in total. The molecular formula is C20H18F4N2O2. The lowest BCUT2D eigenvalue weighted by molar-refractivity contribution is -0.138. The van der Waals surface area contributed by atoms with E-state index in [4.69, 9.17) is 0 Å². The molecule has 2 amide bonds. The molecule has 0 bridgehead atoms. The molecule has 1 aliphatic rings. The summed E-state index contributed by atoms with van der Waals surface area (Å²) in [4.78, 5) is 26.1. The van der Waals surface area contributed by atoms with Crippen molar-refractivity contribution >= 4 is 11.8 Å². The molecule has 148 valence electrons. The number of piperidine rings is 1. The van der Waals surface area contributed by atoms with Crippen molar-refractivity contribution in [3.05, 3.63) is 71.0 Å². The average Bonchev–Trinajstić information content (AvgIpc) is 2.67. The van der Waals surface area contributed by atoms with Crippen LogP contribution >= 0.6 is 0 Å². The Hall–Kier alpha value is -2.90. The summed E-state index contributed by atoms with van der Waals surface area (Å²) in [5.41, 5.74) is -1.14. The van der Waals surface area contributed by atoms with Gasteiger partial charge in [0, 0.05) is 24.7 Å². The number of nitrogens with one attached hydrogen (secondary N) is 1. The summed E-state index contributed by atoms with van der Waals surface area (Å²) in [7, 11) is 0. The number of carbonyl (C=O) groups is 2. The molecular weight excluding hydrogens is 376 g/mol. The van der Waals surface area contributed by atoms with Crippen molar-refractivity contribution in [2.24, 2.45) is 0 Å². The molecule has 0 saturated carbocycles. The lowest BCUT2D eigenvalue weighted by atomic mass is 10.0. The van der Waals surface area contributed by atoms with Gasteiger partial charge in [0.05, 0.1) is 11.1 Å². The summed E-state index contributed by atoms with van der Waals surface area (Å²) in [6.45, 7) is 0.443. The number of rotatable bonds is 3. The second-order valence-electron chi connectivity index (χ2n) is 6.59. The van der Waals surface area contributed by atoms with Crippen LogP contribution in [0.2, 0.25) is 0 Å². The van der Waals surface area contributed by atoms with Gasteiger partial charge in [-0.3, -0.25) is 9.59 Å². The highest BCUT2D eigenvalue weighted by Crippen LogP contribution is 2.32. The summed E-state index contributed by atoms with van der Waals surface area (Å²) >= 11 is 0. The summed E-state index contributed by atoms with van der Waals surface area (Å²) < 4.78 is 52.6. The van der Waals surface area contributed by atoms with E-state index in [1.807, 2.05) is 0 Å². The first kappa shape index (κ1) is 19.9. The zero-order valence-corrected chi connectivity index (χ0v) is 14.8. The number of benzene rings is 2. The number of likely N-dealkylation sites (tertiary alicyclic amines) is 1. The van der Waals surface area contributed by atoms with Crippen molar-refractivity contribution in [2.75, 3.05) is 13.1 Å². The predicted molar refractivity (Wildman–Crippen MR) is 94.2 cm³/mol. The third-order valence-electron chi connectivity index (χ3n) is 4.67. The van der Waals surface area contributed by atoms with Crippen molar-refractivity contribution in [2.45, 2.75) is 25.1 Å². The van der Waals surface area contributed by atoms with E-state index in [-0.39, 0.29) is 30.3 Å². The Balaban J connectivity index is 1.61. The van der Waals surface area contributed by atoms with Gasteiger partial charge in [-0.15, -0.1) is 0 Å². The quantitative estimate of drug-likeness (QED) is 0.804. The fraction of sp³-hybridized carbons (Fsp3) is 0.300. The van der Waals surface area contributed by atoms with Crippen LogP contribution in [0.3, 0.4) is 0 Å². The number of amides is 2. The molecule has 0 atom stereocenters. The monoisotopic (exact) mass is 394 g/mol. The summed E-state index contributed by atoms with van der Waals surface area (Å²) in [6, 6.07) is 9.75. The minimum Gasteiger partial charge on any atom is -0.349 e. The summed E-state index contributed by atoms with van der Waals surface area (Å²) in [5, 5.41) is 2.77. The number of halogens is 4. The molecule has 2 aromatic carbocycles. The third-order valence-corrected chi connectivity index (χ3v) is 4.67. The third kappa shape index (κ3) is 4.49. The van der Waals surface area contributed by atoms with Crippen LogP contribution in [-0.4, -0.2) is 35.8 Å². The van der Waals surface area contributed by atoms with Crippen LogP contribution in [0.1, 0.15) is 39.1 Å². The van der Waals surface area contributed by atoms with Gasteiger partial charge in [-0.2, -0.15) is 13.2 Å². The van der Waals surface area contributed by atoms with E-state index in [2.05, 4.69) is 5.32 Å². The van der Waals surface area contributed by atoms with E-state index in [1.54, 1.807) is 0 Å². The molecule has 3 rings (SSSR count). The van der Waals surface area contributed by atoms with Crippen LogP contribution in [0.5, 0.6) is 0 Å². The van der Waals surface area contributed by atoms with Gasteiger partial charge >= 0.3 is 6.18 Å². The molecule has 1 heterocycles. The Morgan fingerprint density at radius 2 is 1.68 bits per heavy atom. The van der Waals surface area contributed by atoms with Crippen molar-refractivity contribution in [1.29, 1.82) is 0 Å². The lowest BCUT2D eigenvalue weighted by Crippen LogP contribution is -2.46. The van der Waals surface area contributed by atoms with Crippen molar-refractivity contribution < 1.29 is 27.2 Å². The van der Waals surface area contributed by atoms with Gasteiger partial charge in [0.1, 0.15) is 5.82 Å². The fourth-order valence-corrected chi connectivity index (χ4v) is 3.21. The zero-order chi connectivity index (χ0) is 20.3. The Morgan fingerprint density at radius 1 is 1.00 bits per heavy atom. The Kier molecular flexibility index (Phi) is 5.67. The first-order chi connectivity index (χ1) is 13.3. The molecule has 28 heavy (non-hydrogen) atoms. The van der Waals surface area contributed by atoms with Crippen molar-refractivity contribution in [3.8, 4) is 0 Å². The highest BCUT2D eigenvalue weighted by molar-refractivity contribution is 5.96. The normalized spacial score (nSPS) is 15.4. The largest absolute Gasteiger partial charge is 0.417 e. The lowest BCUT2D eigenvalue weighted by Gasteiger charge is -2.33. The number of alkyl halides is 3. The second kappa shape index (κ2) is 8.00. The Labute approximate surface area is 159 Å². The maximum absolute atomic E-state index is 13.2. The molecule has 4 nitrogen and oxygen atoms in total.